The highest BCUT2D eigenvalue weighted by molar-refractivity contribution is 6.35. The lowest BCUT2D eigenvalue weighted by atomic mass is 9.98. The van der Waals surface area contributed by atoms with Crippen LogP contribution in [0.1, 0.15) is 68.4 Å². The Morgan fingerprint density at radius 2 is 1.69 bits per heavy atom. The van der Waals surface area contributed by atoms with Crippen LogP contribution in [0.2, 0.25) is 10.0 Å². The number of nitrogens with zero attached hydrogens (tertiary/aromatic N) is 5. The summed E-state index contributed by atoms with van der Waals surface area (Å²) in [7, 11) is 3.54. The van der Waals surface area contributed by atoms with Crippen molar-refractivity contribution in [3.05, 3.63) is 92.0 Å². The Morgan fingerprint density at radius 1 is 0.980 bits per heavy atom. The Kier molecular flexibility index (Phi) is 8.58. The van der Waals surface area contributed by atoms with Gasteiger partial charge in [0, 0.05) is 59.3 Å². The van der Waals surface area contributed by atoms with Gasteiger partial charge < -0.3 is 29.0 Å². The number of ether oxygens (including phenoxy) is 1. The standard InChI is InChI=1S/C39H39Cl2N5O5/c1-19-15-24(16-20(2)34(19)41)51-14-8-9-25-26-10-11-28(40)33(32-22(4)42-44(7)23(32)5)36(26)46-21(3)18-45(38(48)37(25)46)29-12-13-31(47)27-17-30(39(49)50)43(6)35(27)29/h10-13,15-17,21,47H,8-9,14,18H2,1-7H3,(H,49,50). The number of aromatic hydroxyl groups is 1. The number of fused-ring (bicyclic) bond motifs is 4. The number of aryl methyl sites for hydroxylation is 6. The maximum Gasteiger partial charge on any atom is 0.352 e. The van der Waals surface area contributed by atoms with Crippen molar-refractivity contribution in [2.24, 2.45) is 14.1 Å². The lowest BCUT2D eigenvalue weighted by molar-refractivity contribution is 0.0687. The van der Waals surface area contributed by atoms with Crippen LogP contribution in [-0.2, 0) is 20.5 Å². The average Bonchev–Trinajstić information content (AvgIpc) is 3.69. The van der Waals surface area contributed by atoms with Crippen LogP contribution < -0.4 is 9.64 Å². The summed E-state index contributed by atoms with van der Waals surface area (Å²) in [5.41, 5.74) is 8.74. The predicted octanol–water partition coefficient (Wildman–Crippen LogP) is 8.71. The number of rotatable bonds is 8. The number of phenols is 1. The molecule has 1 unspecified atom stereocenters. The highest BCUT2D eigenvalue weighted by Crippen LogP contribution is 2.46. The molecule has 1 aliphatic rings. The summed E-state index contributed by atoms with van der Waals surface area (Å²) in [5, 5.41) is 27.9. The third-order valence-electron chi connectivity index (χ3n) is 10.2. The molecule has 0 radical (unpaired) electrons. The van der Waals surface area contributed by atoms with Crippen LogP contribution in [0, 0.1) is 27.7 Å². The van der Waals surface area contributed by atoms with Crippen molar-refractivity contribution in [1.82, 2.24) is 18.9 Å². The number of hydrogen-bond acceptors (Lipinski definition) is 5. The van der Waals surface area contributed by atoms with E-state index in [4.69, 9.17) is 27.9 Å². The van der Waals surface area contributed by atoms with Gasteiger partial charge in [-0.2, -0.15) is 5.10 Å². The second kappa shape index (κ2) is 12.7. The minimum absolute atomic E-state index is 0.00706. The lowest BCUT2D eigenvalue weighted by Crippen LogP contribution is -2.43. The summed E-state index contributed by atoms with van der Waals surface area (Å²) in [4.78, 5) is 28.8. The molecule has 264 valence electrons. The summed E-state index contributed by atoms with van der Waals surface area (Å²) < 4.78 is 11.7. The smallest absolute Gasteiger partial charge is 0.352 e. The van der Waals surface area contributed by atoms with E-state index in [-0.39, 0.29) is 23.4 Å². The van der Waals surface area contributed by atoms with E-state index in [0.717, 1.165) is 60.9 Å². The van der Waals surface area contributed by atoms with Crippen LogP contribution in [0.25, 0.3) is 32.9 Å². The molecular formula is C39H39Cl2N5O5. The zero-order valence-corrected chi connectivity index (χ0v) is 31.1. The van der Waals surface area contributed by atoms with Crippen molar-refractivity contribution in [2.45, 2.75) is 53.5 Å². The first-order chi connectivity index (χ1) is 24.2. The van der Waals surface area contributed by atoms with E-state index in [1.54, 1.807) is 18.0 Å². The highest BCUT2D eigenvalue weighted by atomic mass is 35.5. The van der Waals surface area contributed by atoms with E-state index in [0.29, 0.717) is 53.3 Å². The number of carbonyl (C=O) groups is 2. The number of halogens is 2. The Labute approximate surface area is 305 Å². The Hall–Kier alpha value is -4.93. The third kappa shape index (κ3) is 5.43. The molecule has 0 saturated carbocycles. The zero-order valence-electron chi connectivity index (χ0n) is 29.6. The first-order valence-corrected chi connectivity index (χ1v) is 17.6. The molecule has 10 nitrogen and oxygen atoms in total. The summed E-state index contributed by atoms with van der Waals surface area (Å²) in [6, 6.07) is 12.2. The third-order valence-corrected chi connectivity index (χ3v) is 11.1. The van der Waals surface area contributed by atoms with Crippen molar-refractivity contribution < 1.29 is 24.5 Å². The van der Waals surface area contributed by atoms with Crippen molar-refractivity contribution in [1.29, 1.82) is 0 Å². The first-order valence-electron chi connectivity index (χ1n) is 16.8. The van der Waals surface area contributed by atoms with E-state index >= 15 is 0 Å². The van der Waals surface area contributed by atoms with Gasteiger partial charge in [-0.3, -0.25) is 9.48 Å². The van der Waals surface area contributed by atoms with Gasteiger partial charge in [-0.15, -0.1) is 0 Å². The number of carboxylic acids is 1. The van der Waals surface area contributed by atoms with Gasteiger partial charge in [0.1, 0.15) is 22.9 Å². The lowest BCUT2D eigenvalue weighted by Gasteiger charge is -2.35. The Balaban J connectivity index is 1.39. The largest absolute Gasteiger partial charge is 0.507 e. The van der Waals surface area contributed by atoms with E-state index in [1.165, 1.54) is 16.7 Å². The van der Waals surface area contributed by atoms with Crippen molar-refractivity contribution in [3.63, 3.8) is 0 Å². The molecule has 0 spiro atoms. The summed E-state index contributed by atoms with van der Waals surface area (Å²) in [6.45, 7) is 10.7. The van der Waals surface area contributed by atoms with E-state index in [2.05, 4.69) is 16.6 Å². The molecule has 0 bridgehead atoms. The highest BCUT2D eigenvalue weighted by Gasteiger charge is 2.38. The van der Waals surface area contributed by atoms with Gasteiger partial charge >= 0.3 is 5.97 Å². The number of anilines is 1. The van der Waals surface area contributed by atoms with Gasteiger partial charge in [0.15, 0.2) is 0 Å². The van der Waals surface area contributed by atoms with Crippen LogP contribution in [-0.4, -0.2) is 54.2 Å². The number of phenolic OH excluding ortho intramolecular Hbond substituents is 1. The molecular weight excluding hydrogens is 689 g/mol. The first kappa shape index (κ1) is 34.5. The van der Waals surface area contributed by atoms with Crippen LogP contribution >= 0.6 is 23.2 Å². The molecule has 1 aliphatic heterocycles. The molecule has 3 aromatic carbocycles. The number of aromatic nitrogens is 4. The van der Waals surface area contributed by atoms with Crippen LogP contribution in [0.5, 0.6) is 11.5 Å². The average molecular weight is 729 g/mol. The fourth-order valence-electron chi connectivity index (χ4n) is 7.79. The topological polar surface area (TPSA) is 115 Å². The quantitative estimate of drug-likeness (QED) is 0.152. The van der Waals surface area contributed by atoms with Crippen molar-refractivity contribution in [2.75, 3.05) is 18.1 Å². The Bertz CT molecular complexity index is 2420. The molecule has 0 aliphatic carbocycles. The van der Waals surface area contributed by atoms with Crippen LogP contribution in [0.15, 0.2) is 42.5 Å². The van der Waals surface area contributed by atoms with Gasteiger partial charge in [0.25, 0.3) is 5.91 Å². The van der Waals surface area contributed by atoms with Crippen molar-refractivity contribution >= 4 is 62.6 Å². The normalized spacial score (nSPS) is 14.6. The summed E-state index contributed by atoms with van der Waals surface area (Å²) in [5.74, 6) is -0.672. The van der Waals surface area contributed by atoms with E-state index in [9.17, 15) is 19.8 Å². The van der Waals surface area contributed by atoms with Gasteiger partial charge in [-0.1, -0.05) is 29.3 Å². The minimum Gasteiger partial charge on any atom is -0.507 e. The molecule has 1 atom stereocenters. The Morgan fingerprint density at radius 3 is 2.33 bits per heavy atom. The van der Waals surface area contributed by atoms with Gasteiger partial charge in [0.05, 0.1) is 34.0 Å². The maximum absolute atomic E-state index is 15.0. The van der Waals surface area contributed by atoms with Gasteiger partial charge in [-0.05, 0) is 101 Å². The maximum atomic E-state index is 15.0. The number of aromatic carboxylic acids is 1. The number of benzene rings is 3. The molecule has 4 heterocycles. The molecule has 51 heavy (non-hydrogen) atoms. The molecule has 6 aromatic rings. The van der Waals surface area contributed by atoms with Crippen molar-refractivity contribution in [3.8, 4) is 22.6 Å². The molecule has 1 amide bonds. The monoisotopic (exact) mass is 727 g/mol. The fourth-order valence-corrected chi connectivity index (χ4v) is 8.15. The summed E-state index contributed by atoms with van der Waals surface area (Å²) in [6.07, 6.45) is 1.17. The second-order valence-electron chi connectivity index (χ2n) is 13.5. The molecule has 0 fully saturated rings. The number of carbonyl (C=O) groups excluding carboxylic acids is 1. The van der Waals surface area contributed by atoms with Gasteiger partial charge in [0.2, 0.25) is 0 Å². The molecule has 12 heteroatoms. The SMILES string of the molecule is Cc1cc(OCCCc2c3n(c4c(-c5c(C)nn(C)c5C)c(Cl)ccc24)C(C)CN(c2ccc(O)c4cc(C(=O)O)n(C)c24)C3=O)cc(C)c1Cl. The predicted molar refractivity (Wildman–Crippen MR) is 201 cm³/mol. The van der Waals surface area contributed by atoms with E-state index in [1.807, 2.05) is 63.7 Å². The van der Waals surface area contributed by atoms with Crippen LogP contribution in [0.3, 0.4) is 0 Å². The second-order valence-corrected chi connectivity index (χ2v) is 14.3. The molecule has 3 aromatic heterocycles. The fraction of sp³-hybridized carbons (Fsp3) is 0.308. The molecule has 7 rings (SSSR count). The summed E-state index contributed by atoms with van der Waals surface area (Å²) >= 11 is 13.4. The zero-order chi connectivity index (χ0) is 36.6. The van der Waals surface area contributed by atoms with Gasteiger partial charge in [-0.25, -0.2) is 4.79 Å². The number of hydrogen-bond donors (Lipinski definition) is 2. The number of carboxylic acid groups (broad SMARTS) is 1. The van der Waals surface area contributed by atoms with Crippen LogP contribution in [0.4, 0.5) is 5.69 Å². The molecule has 0 saturated heterocycles. The van der Waals surface area contributed by atoms with E-state index < -0.39 is 5.97 Å². The number of amides is 1. The molecule has 2 N–H and O–H groups in total. The minimum atomic E-state index is -1.13.